The van der Waals surface area contributed by atoms with Crippen LogP contribution in [0.3, 0.4) is 0 Å². The molecule has 0 radical (unpaired) electrons. The van der Waals surface area contributed by atoms with Crippen molar-refractivity contribution in [2.24, 2.45) is 10.9 Å². The van der Waals surface area contributed by atoms with Crippen LogP contribution in [0.15, 0.2) is 15.6 Å². The number of guanidine groups is 1. The number of aromatic nitrogens is 1. The van der Waals surface area contributed by atoms with Crippen LogP contribution in [0.1, 0.15) is 52.2 Å². The maximum absolute atomic E-state index is 12.0. The van der Waals surface area contributed by atoms with Crippen LogP contribution >= 0.6 is 0 Å². The lowest BCUT2D eigenvalue weighted by Crippen LogP contribution is -2.48. The molecule has 0 bridgehead atoms. The van der Waals surface area contributed by atoms with Crippen molar-refractivity contribution in [3.8, 4) is 0 Å². The standard InChI is InChI=1S/C18H30N4O3/c1-6-24-16(23)13-8-7-9-22(12-13)17(19-5)21-11-15-20-10-14(25-15)18(2,3)4/h10,13H,6-9,11-12H2,1-5H3,(H,19,21). The van der Waals surface area contributed by atoms with Crippen LogP contribution in [-0.4, -0.2) is 48.6 Å². The fourth-order valence-corrected chi connectivity index (χ4v) is 2.85. The highest BCUT2D eigenvalue weighted by Crippen LogP contribution is 2.22. The van der Waals surface area contributed by atoms with Gasteiger partial charge in [0.2, 0.25) is 5.89 Å². The molecule has 1 saturated heterocycles. The number of aliphatic imine (C=N–C) groups is 1. The summed E-state index contributed by atoms with van der Waals surface area (Å²) in [5, 5.41) is 3.28. The van der Waals surface area contributed by atoms with Gasteiger partial charge in [-0.1, -0.05) is 20.8 Å². The Hall–Kier alpha value is -2.05. The van der Waals surface area contributed by atoms with E-state index in [-0.39, 0.29) is 17.3 Å². The van der Waals surface area contributed by atoms with Gasteiger partial charge in [0.1, 0.15) is 5.76 Å². The second kappa shape index (κ2) is 8.36. The average Bonchev–Trinajstić information content (AvgIpc) is 3.05. The van der Waals surface area contributed by atoms with E-state index < -0.39 is 0 Å². The molecule has 2 heterocycles. The summed E-state index contributed by atoms with van der Waals surface area (Å²) in [7, 11) is 1.74. The number of piperidine rings is 1. The maximum Gasteiger partial charge on any atom is 0.310 e. The number of rotatable bonds is 4. The van der Waals surface area contributed by atoms with Gasteiger partial charge in [-0.2, -0.15) is 0 Å². The summed E-state index contributed by atoms with van der Waals surface area (Å²) in [6, 6.07) is 0. The second-order valence-corrected chi connectivity index (χ2v) is 7.31. The number of hydrogen-bond donors (Lipinski definition) is 1. The molecule has 1 fully saturated rings. The van der Waals surface area contributed by atoms with Gasteiger partial charge in [-0.25, -0.2) is 4.98 Å². The summed E-state index contributed by atoms with van der Waals surface area (Å²) >= 11 is 0. The molecule has 1 aliphatic heterocycles. The Kier molecular flexibility index (Phi) is 6.45. The van der Waals surface area contributed by atoms with Gasteiger partial charge in [0.25, 0.3) is 0 Å². The van der Waals surface area contributed by atoms with Gasteiger partial charge in [-0.05, 0) is 19.8 Å². The smallest absolute Gasteiger partial charge is 0.310 e. The number of nitrogens with zero attached hydrogens (tertiary/aromatic N) is 3. The summed E-state index contributed by atoms with van der Waals surface area (Å²) in [4.78, 5) is 22.7. The molecule has 0 aliphatic carbocycles. The molecule has 1 aliphatic rings. The summed E-state index contributed by atoms with van der Waals surface area (Å²) in [5.41, 5.74) is -0.0628. The van der Waals surface area contributed by atoms with Gasteiger partial charge in [-0.15, -0.1) is 0 Å². The van der Waals surface area contributed by atoms with Gasteiger partial charge in [0, 0.05) is 25.6 Å². The Morgan fingerprint density at radius 2 is 2.28 bits per heavy atom. The monoisotopic (exact) mass is 350 g/mol. The van der Waals surface area contributed by atoms with Crippen molar-refractivity contribution in [2.45, 2.75) is 52.5 Å². The van der Waals surface area contributed by atoms with E-state index in [0.29, 0.717) is 25.6 Å². The van der Waals surface area contributed by atoms with Gasteiger partial charge < -0.3 is 19.4 Å². The Bertz CT molecular complexity index is 604. The Labute approximate surface area is 149 Å². The van der Waals surface area contributed by atoms with Crippen molar-refractivity contribution in [3.63, 3.8) is 0 Å². The van der Waals surface area contributed by atoms with E-state index in [4.69, 9.17) is 9.15 Å². The molecule has 1 aromatic rings. The van der Waals surface area contributed by atoms with Gasteiger partial charge in [-0.3, -0.25) is 9.79 Å². The van der Waals surface area contributed by atoms with Crippen LogP contribution in [0.25, 0.3) is 0 Å². The lowest BCUT2D eigenvalue weighted by atomic mass is 9.94. The highest BCUT2D eigenvalue weighted by Gasteiger charge is 2.28. The molecule has 0 amide bonds. The quantitative estimate of drug-likeness (QED) is 0.510. The number of esters is 1. The molecule has 7 heteroatoms. The van der Waals surface area contributed by atoms with Crippen LogP contribution in [0.5, 0.6) is 0 Å². The predicted molar refractivity (Wildman–Crippen MR) is 96.3 cm³/mol. The Morgan fingerprint density at radius 3 is 2.88 bits per heavy atom. The topological polar surface area (TPSA) is 80.0 Å². The molecule has 1 N–H and O–H groups in total. The number of likely N-dealkylation sites (tertiary alicyclic amines) is 1. The van der Waals surface area contributed by atoms with Crippen LogP contribution in [0.2, 0.25) is 0 Å². The molecule has 0 spiro atoms. The van der Waals surface area contributed by atoms with E-state index in [2.05, 4.69) is 41.0 Å². The number of carbonyl (C=O) groups excluding carboxylic acids is 1. The molecule has 7 nitrogen and oxygen atoms in total. The van der Waals surface area contributed by atoms with Crippen LogP contribution in [0, 0.1) is 5.92 Å². The van der Waals surface area contributed by atoms with E-state index in [1.807, 2.05) is 6.92 Å². The Balaban J connectivity index is 1.93. The number of nitrogens with one attached hydrogen (secondary N) is 1. The van der Waals surface area contributed by atoms with Gasteiger partial charge in [0.15, 0.2) is 5.96 Å². The number of carbonyl (C=O) groups is 1. The lowest BCUT2D eigenvalue weighted by Gasteiger charge is -2.33. The van der Waals surface area contributed by atoms with Crippen LogP contribution in [0.4, 0.5) is 0 Å². The molecule has 1 atom stereocenters. The molecular weight excluding hydrogens is 320 g/mol. The highest BCUT2D eigenvalue weighted by atomic mass is 16.5. The third kappa shape index (κ3) is 5.21. The van der Waals surface area contributed by atoms with Gasteiger partial charge in [0.05, 0.1) is 25.3 Å². The minimum atomic E-state index is -0.120. The van der Waals surface area contributed by atoms with Crippen molar-refractivity contribution in [1.29, 1.82) is 0 Å². The largest absolute Gasteiger partial charge is 0.466 e. The number of ether oxygens (including phenoxy) is 1. The second-order valence-electron chi connectivity index (χ2n) is 7.31. The molecule has 1 unspecified atom stereocenters. The minimum Gasteiger partial charge on any atom is -0.466 e. The fraction of sp³-hybridized carbons (Fsp3) is 0.722. The summed E-state index contributed by atoms with van der Waals surface area (Å²) < 4.78 is 11.0. The third-order valence-electron chi connectivity index (χ3n) is 4.24. The first-order valence-electron chi connectivity index (χ1n) is 8.92. The minimum absolute atomic E-state index is 0.0628. The summed E-state index contributed by atoms with van der Waals surface area (Å²) in [6.07, 6.45) is 3.58. The highest BCUT2D eigenvalue weighted by molar-refractivity contribution is 5.81. The van der Waals surface area contributed by atoms with Crippen molar-refractivity contribution in [3.05, 3.63) is 17.8 Å². The molecule has 25 heavy (non-hydrogen) atoms. The van der Waals surface area contributed by atoms with E-state index in [1.54, 1.807) is 13.2 Å². The maximum atomic E-state index is 12.0. The predicted octanol–water partition coefficient (Wildman–Crippen LogP) is 2.32. The van der Waals surface area contributed by atoms with E-state index >= 15 is 0 Å². The normalized spacial score (nSPS) is 19.0. The van der Waals surface area contributed by atoms with Crippen molar-refractivity contribution >= 4 is 11.9 Å². The molecule has 0 aromatic carbocycles. The summed E-state index contributed by atoms with van der Waals surface area (Å²) in [5.74, 6) is 2.03. The molecular formula is C18H30N4O3. The molecule has 2 rings (SSSR count). The fourth-order valence-electron chi connectivity index (χ4n) is 2.85. The Morgan fingerprint density at radius 1 is 1.52 bits per heavy atom. The lowest BCUT2D eigenvalue weighted by molar-refractivity contribution is -0.149. The average molecular weight is 350 g/mol. The number of hydrogen-bond acceptors (Lipinski definition) is 5. The zero-order valence-electron chi connectivity index (χ0n) is 16.0. The van der Waals surface area contributed by atoms with Crippen molar-refractivity contribution in [1.82, 2.24) is 15.2 Å². The van der Waals surface area contributed by atoms with Crippen molar-refractivity contribution < 1.29 is 13.9 Å². The summed E-state index contributed by atoms with van der Waals surface area (Å²) in [6.45, 7) is 10.5. The molecule has 140 valence electrons. The first-order chi connectivity index (χ1) is 11.8. The van der Waals surface area contributed by atoms with E-state index in [0.717, 1.165) is 31.1 Å². The van der Waals surface area contributed by atoms with Gasteiger partial charge >= 0.3 is 5.97 Å². The number of oxazole rings is 1. The van der Waals surface area contributed by atoms with Crippen LogP contribution < -0.4 is 5.32 Å². The molecule has 1 aromatic heterocycles. The van der Waals surface area contributed by atoms with Crippen LogP contribution in [-0.2, 0) is 21.5 Å². The van der Waals surface area contributed by atoms with Crippen molar-refractivity contribution in [2.75, 3.05) is 26.7 Å². The SMILES string of the molecule is CCOC(=O)C1CCCN(C(=NC)NCc2ncc(C(C)(C)C)o2)C1. The van der Waals surface area contributed by atoms with E-state index in [9.17, 15) is 4.79 Å². The third-order valence-corrected chi connectivity index (χ3v) is 4.24. The first kappa shape index (κ1) is 19.3. The molecule has 0 saturated carbocycles. The van der Waals surface area contributed by atoms with E-state index in [1.165, 1.54) is 0 Å². The zero-order chi connectivity index (χ0) is 18.4. The zero-order valence-corrected chi connectivity index (χ0v) is 16.0. The first-order valence-corrected chi connectivity index (χ1v) is 8.92.